The number of benzene rings is 1. The van der Waals surface area contributed by atoms with E-state index in [0.717, 1.165) is 4.57 Å². The summed E-state index contributed by atoms with van der Waals surface area (Å²) in [6.45, 7) is 4.15. The number of nitrogens with one attached hydrogen (secondary N) is 1. The fourth-order valence-corrected chi connectivity index (χ4v) is 1.98. The summed E-state index contributed by atoms with van der Waals surface area (Å²) in [6, 6.07) is 6.68. The molecule has 0 radical (unpaired) electrons. The zero-order valence-electron chi connectivity index (χ0n) is 11.3. The Bertz CT molecular complexity index is 713. The quantitative estimate of drug-likeness (QED) is 0.878. The summed E-state index contributed by atoms with van der Waals surface area (Å²) >= 11 is 0. The molecule has 6 heteroatoms. The highest BCUT2D eigenvalue weighted by molar-refractivity contribution is 5.41. The highest BCUT2D eigenvalue weighted by Crippen LogP contribution is 2.19. The molecule has 1 heterocycles. The van der Waals surface area contributed by atoms with Crippen LogP contribution in [0.3, 0.4) is 0 Å². The highest BCUT2D eigenvalue weighted by atomic mass is 16.5. The van der Waals surface area contributed by atoms with Gasteiger partial charge in [-0.1, -0.05) is 6.92 Å². The van der Waals surface area contributed by atoms with Crippen LogP contribution in [0.1, 0.15) is 19.4 Å². The zero-order valence-corrected chi connectivity index (χ0v) is 11.3. The van der Waals surface area contributed by atoms with E-state index in [2.05, 4.69) is 4.98 Å². The average Bonchev–Trinajstić information content (AvgIpc) is 2.41. The van der Waals surface area contributed by atoms with Gasteiger partial charge in [0.15, 0.2) is 0 Å². The normalized spacial score (nSPS) is 10.5. The first-order chi connectivity index (χ1) is 9.58. The molecule has 0 saturated heterocycles. The minimum Gasteiger partial charge on any atom is -0.494 e. The van der Waals surface area contributed by atoms with Gasteiger partial charge in [0, 0.05) is 0 Å². The first-order valence-corrected chi connectivity index (χ1v) is 6.38. The molecule has 0 atom stereocenters. The summed E-state index contributed by atoms with van der Waals surface area (Å²) in [6.07, 6.45) is 0.332. The standard InChI is InChI=1S/C14H16N2O4/c1-3-11-12(17)15-14(19)16(13(11)18)9-5-7-10(8-6-9)20-4-2/h5-8,18H,3-4H2,1-2H3,(H,15,17,19). The molecule has 0 aliphatic carbocycles. The molecule has 1 aromatic carbocycles. The second-order valence-electron chi connectivity index (χ2n) is 4.18. The molecule has 0 aliphatic heterocycles. The lowest BCUT2D eigenvalue weighted by Gasteiger charge is -2.11. The van der Waals surface area contributed by atoms with Crippen molar-refractivity contribution in [2.24, 2.45) is 0 Å². The Morgan fingerprint density at radius 2 is 1.85 bits per heavy atom. The molecule has 0 amide bonds. The van der Waals surface area contributed by atoms with Crippen LogP contribution in [0.15, 0.2) is 33.9 Å². The van der Waals surface area contributed by atoms with E-state index in [1.54, 1.807) is 31.2 Å². The summed E-state index contributed by atoms with van der Waals surface area (Å²) in [5.74, 6) is 0.342. The van der Waals surface area contributed by atoms with Crippen LogP contribution in [-0.2, 0) is 6.42 Å². The van der Waals surface area contributed by atoms with Gasteiger partial charge in [0.1, 0.15) is 5.75 Å². The maximum Gasteiger partial charge on any atom is 0.335 e. The first-order valence-electron chi connectivity index (χ1n) is 6.38. The second kappa shape index (κ2) is 5.64. The van der Waals surface area contributed by atoms with Gasteiger partial charge in [-0.3, -0.25) is 9.78 Å². The van der Waals surface area contributed by atoms with Crippen molar-refractivity contribution in [3.63, 3.8) is 0 Å². The smallest absolute Gasteiger partial charge is 0.335 e. The minimum atomic E-state index is -0.672. The summed E-state index contributed by atoms with van der Waals surface area (Å²) in [7, 11) is 0. The lowest BCUT2D eigenvalue weighted by molar-refractivity contribution is 0.340. The predicted molar refractivity (Wildman–Crippen MR) is 74.9 cm³/mol. The molecule has 2 rings (SSSR count). The molecular weight excluding hydrogens is 260 g/mol. The van der Waals surface area contributed by atoms with E-state index in [1.807, 2.05) is 6.92 Å². The van der Waals surface area contributed by atoms with Gasteiger partial charge in [0.05, 0.1) is 17.9 Å². The summed E-state index contributed by atoms with van der Waals surface area (Å²) in [5.41, 5.74) is -0.591. The molecule has 0 saturated carbocycles. The van der Waals surface area contributed by atoms with Crippen molar-refractivity contribution in [1.82, 2.24) is 9.55 Å². The largest absolute Gasteiger partial charge is 0.494 e. The van der Waals surface area contributed by atoms with E-state index in [9.17, 15) is 14.7 Å². The van der Waals surface area contributed by atoms with Crippen LogP contribution >= 0.6 is 0 Å². The molecule has 0 bridgehead atoms. The predicted octanol–water partition coefficient (Wildman–Crippen LogP) is 1.19. The van der Waals surface area contributed by atoms with Crippen molar-refractivity contribution < 1.29 is 9.84 Å². The monoisotopic (exact) mass is 276 g/mol. The number of hydrogen-bond acceptors (Lipinski definition) is 4. The topological polar surface area (TPSA) is 84.3 Å². The van der Waals surface area contributed by atoms with E-state index in [4.69, 9.17) is 4.74 Å². The highest BCUT2D eigenvalue weighted by Gasteiger charge is 2.13. The molecule has 6 nitrogen and oxygen atoms in total. The van der Waals surface area contributed by atoms with E-state index in [1.165, 1.54) is 0 Å². The van der Waals surface area contributed by atoms with Crippen molar-refractivity contribution in [3.8, 4) is 17.3 Å². The maximum absolute atomic E-state index is 11.9. The van der Waals surface area contributed by atoms with Gasteiger partial charge >= 0.3 is 5.69 Å². The lowest BCUT2D eigenvalue weighted by Crippen LogP contribution is -2.31. The van der Waals surface area contributed by atoms with Crippen LogP contribution in [0.5, 0.6) is 11.6 Å². The molecule has 1 aromatic heterocycles. The Kier molecular flexibility index (Phi) is 3.93. The van der Waals surface area contributed by atoms with Gasteiger partial charge in [0.25, 0.3) is 5.56 Å². The van der Waals surface area contributed by atoms with Crippen molar-refractivity contribution in [3.05, 3.63) is 50.7 Å². The average molecular weight is 276 g/mol. The van der Waals surface area contributed by atoms with E-state index >= 15 is 0 Å². The van der Waals surface area contributed by atoms with E-state index < -0.39 is 11.2 Å². The number of nitrogens with zero attached hydrogens (tertiary/aromatic N) is 1. The molecule has 0 unspecified atom stereocenters. The number of ether oxygens (including phenoxy) is 1. The van der Waals surface area contributed by atoms with Crippen molar-refractivity contribution in [2.75, 3.05) is 6.61 Å². The third kappa shape index (κ3) is 2.45. The third-order valence-electron chi connectivity index (χ3n) is 2.94. The number of hydrogen-bond donors (Lipinski definition) is 2. The number of H-pyrrole nitrogens is 1. The Morgan fingerprint density at radius 1 is 1.20 bits per heavy atom. The summed E-state index contributed by atoms with van der Waals surface area (Å²) in [5, 5.41) is 10.1. The van der Waals surface area contributed by atoms with Crippen LogP contribution in [0, 0.1) is 0 Å². The molecule has 0 aliphatic rings. The van der Waals surface area contributed by atoms with Crippen LogP contribution in [-0.4, -0.2) is 21.3 Å². The Balaban J connectivity index is 2.58. The van der Waals surface area contributed by atoms with Gasteiger partial charge in [-0.05, 0) is 37.6 Å². The zero-order chi connectivity index (χ0) is 14.7. The van der Waals surface area contributed by atoms with Crippen LogP contribution in [0.4, 0.5) is 0 Å². The van der Waals surface area contributed by atoms with Gasteiger partial charge in [-0.15, -0.1) is 0 Å². The van der Waals surface area contributed by atoms with Crippen molar-refractivity contribution >= 4 is 0 Å². The first kappa shape index (κ1) is 13.9. The molecule has 106 valence electrons. The Hall–Kier alpha value is -2.50. The molecule has 0 fully saturated rings. The number of aromatic nitrogens is 2. The third-order valence-corrected chi connectivity index (χ3v) is 2.94. The molecular formula is C14H16N2O4. The summed E-state index contributed by atoms with van der Waals surface area (Å²) < 4.78 is 6.38. The molecule has 20 heavy (non-hydrogen) atoms. The summed E-state index contributed by atoms with van der Waals surface area (Å²) in [4.78, 5) is 25.6. The fourth-order valence-electron chi connectivity index (χ4n) is 1.98. The van der Waals surface area contributed by atoms with Gasteiger partial charge in [-0.2, -0.15) is 0 Å². The Labute approximate surface area is 115 Å². The second-order valence-corrected chi connectivity index (χ2v) is 4.18. The number of aromatic amines is 1. The maximum atomic E-state index is 11.9. The van der Waals surface area contributed by atoms with Gasteiger partial charge < -0.3 is 9.84 Å². The van der Waals surface area contributed by atoms with Crippen LogP contribution in [0.25, 0.3) is 5.69 Å². The fraction of sp³-hybridized carbons (Fsp3) is 0.286. The molecule has 2 N–H and O–H groups in total. The van der Waals surface area contributed by atoms with Gasteiger partial charge in [-0.25, -0.2) is 9.36 Å². The van der Waals surface area contributed by atoms with Crippen LogP contribution < -0.4 is 16.0 Å². The molecule has 0 spiro atoms. The van der Waals surface area contributed by atoms with Gasteiger partial charge in [0.2, 0.25) is 5.88 Å². The van der Waals surface area contributed by atoms with Crippen LogP contribution in [0.2, 0.25) is 0 Å². The number of rotatable bonds is 4. The van der Waals surface area contributed by atoms with E-state index in [0.29, 0.717) is 24.5 Å². The number of aromatic hydroxyl groups is 1. The van der Waals surface area contributed by atoms with Crippen molar-refractivity contribution in [1.29, 1.82) is 0 Å². The Morgan fingerprint density at radius 3 is 2.40 bits per heavy atom. The lowest BCUT2D eigenvalue weighted by atomic mass is 10.2. The van der Waals surface area contributed by atoms with E-state index in [-0.39, 0.29) is 11.4 Å². The molecule has 2 aromatic rings. The minimum absolute atomic E-state index is 0.179. The SMILES string of the molecule is CCOc1ccc(-n2c(O)c(CC)c(=O)[nH]c2=O)cc1. The van der Waals surface area contributed by atoms with Crippen molar-refractivity contribution in [2.45, 2.75) is 20.3 Å².